The lowest BCUT2D eigenvalue weighted by Gasteiger charge is -1.89. The Kier molecular flexibility index (Phi) is 2.42. The largest absolute Gasteiger partial charge is 0.370 e. The second-order valence-corrected chi connectivity index (χ2v) is 1.89. The standard InChI is InChI=1S/C5H9N5O/c6-5(7)8-2-1-4-9-3-10-11-4/h3H,1-2H2,(H4,6,7,8). The van der Waals surface area contributed by atoms with Crippen LogP contribution in [0.5, 0.6) is 0 Å². The van der Waals surface area contributed by atoms with Crippen LogP contribution < -0.4 is 11.5 Å². The third kappa shape index (κ3) is 2.65. The zero-order valence-corrected chi connectivity index (χ0v) is 5.90. The molecule has 0 unspecified atom stereocenters. The summed E-state index contributed by atoms with van der Waals surface area (Å²) in [4.78, 5) is 7.53. The van der Waals surface area contributed by atoms with Gasteiger partial charge in [0.25, 0.3) is 0 Å². The molecule has 0 saturated heterocycles. The molecule has 11 heavy (non-hydrogen) atoms. The molecule has 0 spiro atoms. The van der Waals surface area contributed by atoms with E-state index in [0.29, 0.717) is 18.9 Å². The summed E-state index contributed by atoms with van der Waals surface area (Å²) in [5, 5.41) is 3.42. The van der Waals surface area contributed by atoms with Crippen molar-refractivity contribution in [2.24, 2.45) is 16.5 Å². The van der Waals surface area contributed by atoms with Crippen molar-refractivity contribution >= 4 is 5.96 Å². The lowest BCUT2D eigenvalue weighted by molar-refractivity contribution is 0.379. The van der Waals surface area contributed by atoms with E-state index in [1.807, 2.05) is 0 Å². The Morgan fingerprint density at radius 1 is 1.64 bits per heavy atom. The topological polar surface area (TPSA) is 103 Å². The highest BCUT2D eigenvalue weighted by atomic mass is 16.5. The van der Waals surface area contributed by atoms with Crippen LogP contribution in [0, 0.1) is 0 Å². The Bertz CT molecular complexity index is 225. The van der Waals surface area contributed by atoms with Crippen LogP contribution >= 0.6 is 0 Å². The summed E-state index contributed by atoms with van der Waals surface area (Å²) < 4.78 is 4.70. The number of rotatable bonds is 3. The monoisotopic (exact) mass is 155 g/mol. The first-order chi connectivity index (χ1) is 5.29. The van der Waals surface area contributed by atoms with Crippen LogP contribution in [-0.2, 0) is 6.42 Å². The summed E-state index contributed by atoms with van der Waals surface area (Å²) in [6.07, 6.45) is 1.91. The minimum atomic E-state index is 0.0736. The predicted octanol–water partition coefficient (Wildman–Crippen LogP) is -1.11. The second-order valence-electron chi connectivity index (χ2n) is 1.89. The van der Waals surface area contributed by atoms with E-state index in [1.54, 1.807) is 0 Å². The Morgan fingerprint density at radius 2 is 2.45 bits per heavy atom. The zero-order valence-electron chi connectivity index (χ0n) is 5.90. The summed E-state index contributed by atoms with van der Waals surface area (Å²) in [6.45, 7) is 0.477. The quantitative estimate of drug-likeness (QED) is 0.425. The fourth-order valence-electron chi connectivity index (χ4n) is 0.587. The smallest absolute Gasteiger partial charge is 0.228 e. The Balaban J connectivity index is 2.30. The van der Waals surface area contributed by atoms with E-state index in [4.69, 9.17) is 16.0 Å². The lowest BCUT2D eigenvalue weighted by atomic mass is 10.4. The van der Waals surface area contributed by atoms with Gasteiger partial charge in [0.15, 0.2) is 12.3 Å². The fraction of sp³-hybridized carbons (Fsp3) is 0.400. The molecule has 0 aromatic carbocycles. The summed E-state index contributed by atoms with van der Waals surface area (Å²) in [5.74, 6) is 0.611. The van der Waals surface area contributed by atoms with Gasteiger partial charge in [-0.25, -0.2) is 0 Å². The van der Waals surface area contributed by atoms with E-state index in [-0.39, 0.29) is 5.96 Å². The summed E-state index contributed by atoms with van der Waals surface area (Å²) in [6, 6.07) is 0. The van der Waals surface area contributed by atoms with Gasteiger partial charge in [0, 0.05) is 6.42 Å². The van der Waals surface area contributed by atoms with Crippen molar-refractivity contribution in [3.8, 4) is 0 Å². The molecule has 0 aliphatic heterocycles. The van der Waals surface area contributed by atoms with E-state index >= 15 is 0 Å². The first kappa shape index (κ1) is 7.52. The normalized spacial score (nSPS) is 9.45. The van der Waals surface area contributed by atoms with Crippen LogP contribution in [0.1, 0.15) is 5.89 Å². The summed E-state index contributed by atoms with van der Waals surface area (Å²) in [5.41, 5.74) is 10.2. The van der Waals surface area contributed by atoms with Gasteiger partial charge in [-0.3, -0.25) is 4.99 Å². The van der Waals surface area contributed by atoms with Crippen molar-refractivity contribution in [1.82, 2.24) is 10.1 Å². The second kappa shape index (κ2) is 3.55. The van der Waals surface area contributed by atoms with Gasteiger partial charge < -0.3 is 16.0 Å². The van der Waals surface area contributed by atoms with Crippen molar-refractivity contribution in [2.45, 2.75) is 6.42 Å². The number of hydrogen-bond donors (Lipinski definition) is 2. The van der Waals surface area contributed by atoms with Gasteiger partial charge in [-0.15, -0.1) is 0 Å². The van der Waals surface area contributed by atoms with E-state index in [0.717, 1.165) is 0 Å². The van der Waals surface area contributed by atoms with Crippen LogP contribution in [0.15, 0.2) is 15.8 Å². The molecule has 0 aliphatic rings. The van der Waals surface area contributed by atoms with Crippen LogP contribution in [-0.4, -0.2) is 22.6 Å². The Morgan fingerprint density at radius 3 is 3.00 bits per heavy atom. The highest BCUT2D eigenvalue weighted by molar-refractivity contribution is 5.75. The maximum absolute atomic E-state index is 5.09. The third-order valence-corrected chi connectivity index (χ3v) is 1.03. The number of hydrogen-bond acceptors (Lipinski definition) is 4. The van der Waals surface area contributed by atoms with Crippen molar-refractivity contribution in [1.29, 1.82) is 0 Å². The van der Waals surface area contributed by atoms with Crippen molar-refractivity contribution in [2.75, 3.05) is 6.54 Å². The summed E-state index contributed by atoms with van der Waals surface area (Å²) in [7, 11) is 0. The van der Waals surface area contributed by atoms with Crippen LogP contribution in [0.4, 0.5) is 0 Å². The highest BCUT2D eigenvalue weighted by Crippen LogP contribution is 1.91. The molecule has 4 N–H and O–H groups in total. The van der Waals surface area contributed by atoms with Gasteiger partial charge in [-0.2, -0.15) is 4.98 Å². The first-order valence-corrected chi connectivity index (χ1v) is 3.10. The Hall–Kier alpha value is -1.59. The molecule has 6 heteroatoms. The van der Waals surface area contributed by atoms with Crippen molar-refractivity contribution in [3.63, 3.8) is 0 Å². The molecule has 1 aromatic rings. The molecule has 0 radical (unpaired) electrons. The molecule has 1 rings (SSSR count). The third-order valence-electron chi connectivity index (χ3n) is 1.03. The average molecular weight is 155 g/mol. The molecule has 0 amide bonds. The minimum Gasteiger partial charge on any atom is -0.370 e. The van der Waals surface area contributed by atoms with E-state index in [2.05, 4.69) is 15.1 Å². The summed E-state index contributed by atoms with van der Waals surface area (Å²) >= 11 is 0. The van der Waals surface area contributed by atoms with Crippen molar-refractivity contribution in [3.05, 3.63) is 12.2 Å². The molecule has 0 atom stereocenters. The van der Waals surface area contributed by atoms with E-state index < -0.39 is 0 Å². The molecule has 0 bridgehead atoms. The van der Waals surface area contributed by atoms with Gasteiger partial charge in [0.2, 0.25) is 5.89 Å². The Labute approximate surface area is 63.3 Å². The number of guanidine groups is 1. The molecular formula is C5H9N5O. The molecule has 1 heterocycles. The minimum absolute atomic E-state index is 0.0736. The van der Waals surface area contributed by atoms with Crippen LogP contribution in [0.25, 0.3) is 0 Å². The maximum atomic E-state index is 5.09. The van der Waals surface area contributed by atoms with Gasteiger partial charge in [-0.1, -0.05) is 5.16 Å². The zero-order chi connectivity index (χ0) is 8.10. The highest BCUT2D eigenvalue weighted by Gasteiger charge is 1.95. The number of aliphatic imine (C=N–C) groups is 1. The lowest BCUT2D eigenvalue weighted by Crippen LogP contribution is -2.23. The molecule has 1 aromatic heterocycles. The molecular weight excluding hydrogens is 146 g/mol. The van der Waals surface area contributed by atoms with Gasteiger partial charge in [0.1, 0.15) is 0 Å². The van der Waals surface area contributed by atoms with E-state index in [1.165, 1.54) is 6.33 Å². The molecule has 60 valence electrons. The first-order valence-electron chi connectivity index (χ1n) is 3.10. The van der Waals surface area contributed by atoms with Gasteiger partial charge in [-0.05, 0) is 0 Å². The predicted molar refractivity (Wildman–Crippen MR) is 38.7 cm³/mol. The fourth-order valence-corrected chi connectivity index (χ4v) is 0.587. The average Bonchev–Trinajstić information content (AvgIpc) is 2.39. The molecule has 0 aliphatic carbocycles. The molecule has 0 fully saturated rings. The van der Waals surface area contributed by atoms with Crippen LogP contribution in [0.2, 0.25) is 0 Å². The van der Waals surface area contributed by atoms with Gasteiger partial charge >= 0.3 is 0 Å². The SMILES string of the molecule is NC(N)=NCCc1ncno1. The number of nitrogens with two attached hydrogens (primary N) is 2. The van der Waals surface area contributed by atoms with Gasteiger partial charge in [0.05, 0.1) is 6.54 Å². The number of aromatic nitrogens is 2. The maximum Gasteiger partial charge on any atom is 0.228 e. The molecule has 6 nitrogen and oxygen atoms in total. The van der Waals surface area contributed by atoms with Crippen LogP contribution in [0.3, 0.4) is 0 Å². The van der Waals surface area contributed by atoms with Crippen molar-refractivity contribution < 1.29 is 4.52 Å². The number of nitrogens with zero attached hydrogens (tertiary/aromatic N) is 3. The van der Waals surface area contributed by atoms with E-state index in [9.17, 15) is 0 Å². The molecule has 0 saturated carbocycles.